The Hall–Kier alpha value is -2.11. The molecule has 0 fully saturated rings. The largest absolute Gasteiger partial charge is 0.416 e. The van der Waals surface area contributed by atoms with Crippen molar-refractivity contribution in [3.63, 3.8) is 0 Å². The average Bonchev–Trinajstić information content (AvgIpc) is 2.45. The van der Waals surface area contributed by atoms with Gasteiger partial charge in [0, 0.05) is 18.3 Å². The van der Waals surface area contributed by atoms with Crippen molar-refractivity contribution >= 4 is 5.82 Å². The van der Waals surface area contributed by atoms with Crippen molar-refractivity contribution in [2.75, 3.05) is 5.32 Å². The van der Waals surface area contributed by atoms with E-state index in [1.54, 1.807) is 12.1 Å². The van der Waals surface area contributed by atoms with Gasteiger partial charge in [-0.2, -0.15) is 13.2 Å². The van der Waals surface area contributed by atoms with Crippen molar-refractivity contribution in [3.05, 3.63) is 53.5 Å². The summed E-state index contributed by atoms with van der Waals surface area (Å²) in [5.74, 6) is 0.869. The van der Waals surface area contributed by atoms with Crippen molar-refractivity contribution < 1.29 is 13.2 Å². The van der Waals surface area contributed by atoms with Gasteiger partial charge in [0.05, 0.1) is 5.56 Å². The van der Waals surface area contributed by atoms with Crippen LogP contribution in [0.25, 0.3) is 0 Å². The summed E-state index contributed by atoms with van der Waals surface area (Å²) in [6, 6.07) is 7.05. The Labute approximate surface area is 121 Å². The number of nitrogens with one attached hydrogen (secondary N) is 1. The van der Waals surface area contributed by atoms with Crippen LogP contribution in [0.3, 0.4) is 0 Å². The summed E-state index contributed by atoms with van der Waals surface area (Å²) >= 11 is 0. The van der Waals surface area contributed by atoms with E-state index in [-0.39, 0.29) is 12.5 Å². The summed E-state index contributed by atoms with van der Waals surface area (Å²) in [5.41, 5.74) is 0.790. The monoisotopic (exact) mass is 295 g/mol. The number of anilines is 1. The zero-order valence-corrected chi connectivity index (χ0v) is 11.8. The van der Waals surface area contributed by atoms with Crippen LogP contribution in [0, 0.1) is 0 Å². The first-order chi connectivity index (χ1) is 9.86. The van der Waals surface area contributed by atoms with Crippen molar-refractivity contribution in [2.45, 2.75) is 32.5 Å². The lowest BCUT2D eigenvalue weighted by Gasteiger charge is -2.11. The summed E-state index contributed by atoms with van der Waals surface area (Å²) in [6.07, 6.45) is -2.88. The molecule has 0 atom stereocenters. The summed E-state index contributed by atoms with van der Waals surface area (Å²) in [5, 5.41) is 3.02. The average molecular weight is 295 g/mol. The predicted octanol–water partition coefficient (Wildman–Crippen LogP) is 4.23. The molecule has 1 N–H and O–H groups in total. The molecule has 2 aromatic rings. The molecule has 0 aliphatic heterocycles. The van der Waals surface area contributed by atoms with E-state index in [0.717, 1.165) is 17.8 Å². The normalized spacial score (nSPS) is 11.7. The molecule has 0 spiro atoms. The quantitative estimate of drug-likeness (QED) is 0.917. The van der Waals surface area contributed by atoms with E-state index < -0.39 is 11.7 Å². The van der Waals surface area contributed by atoms with E-state index in [0.29, 0.717) is 11.4 Å². The highest BCUT2D eigenvalue weighted by Crippen LogP contribution is 2.29. The highest BCUT2D eigenvalue weighted by molar-refractivity contribution is 5.37. The molecule has 0 saturated carbocycles. The third-order valence-corrected chi connectivity index (χ3v) is 3.01. The lowest BCUT2D eigenvalue weighted by Crippen LogP contribution is -2.07. The molecule has 1 aromatic heterocycles. The molecule has 6 heteroatoms. The number of alkyl halides is 3. The first kappa shape index (κ1) is 15.3. The molecule has 0 saturated heterocycles. The van der Waals surface area contributed by atoms with Crippen molar-refractivity contribution in [1.82, 2.24) is 9.97 Å². The number of hydrogen-bond donors (Lipinski definition) is 1. The molecule has 0 aliphatic carbocycles. The van der Waals surface area contributed by atoms with E-state index in [1.807, 2.05) is 13.8 Å². The Balaban J connectivity index is 2.08. The van der Waals surface area contributed by atoms with Crippen LogP contribution in [0.4, 0.5) is 19.0 Å². The Kier molecular flexibility index (Phi) is 4.45. The van der Waals surface area contributed by atoms with Gasteiger partial charge in [0.2, 0.25) is 0 Å². The molecule has 0 bridgehead atoms. The molecular weight excluding hydrogens is 279 g/mol. The fourth-order valence-electron chi connectivity index (χ4n) is 1.83. The number of aromatic nitrogens is 2. The minimum Gasteiger partial charge on any atom is -0.366 e. The maximum atomic E-state index is 12.6. The molecule has 0 aliphatic rings. The molecule has 112 valence electrons. The first-order valence-corrected chi connectivity index (χ1v) is 6.58. The van der Waals surface area contributed by atoms with E-state index in [2.05, 4.69) is 15.3 Å². The fourth-order valence-corrected chi connectivity index (χ4v) is 1.83. The minimum atomic E-state index is -4.32. The van der Waals surface area contributed by atoms with Gasteiger partial charge in [-0.1, -0.05) is 26.0 Å². The number of halogens is 3. The smallest absolute Gasteiger partial charge is 0.366 e. The van der Waals surface area contributed by atoms with Crippen LogP contribution in [-0.2, 0) is 12.7 Å². The van der Waals surface area contributed by atoms with Crippen LogP contribution < -0.4 is 5.32 Å². The maximum Gasteiger partial charge on any atom is 0.416 e. The molecule has 0 amide bonds. The highest BCUT2D eigenvalue weighted by Gasteiger charge is 2.30. The fraction of sp³-hybridized carbons (Fsp3) is 0.333. The van der Waals surface area contributed by atoms with Crippen LogP contribution >= 0.6 is 0 Å². The predicted molar refractivity (Wildman–Crippen MR) is 74.9 cm³/mol. The molecule has 1 aromatic carbocycles. The topological polar surface area (TPSA) is 37.8 Å². The molecule has 0 unspecified atom stereocenters. The number of rotatable bonds is 4. The Morgan fingerprint density at radius 2 is 1.90 bits per heavy atom. The lowest BCUT2D eigenvalue weighted by atomic mass is 10.1. The number of hydrogen-bond acceptors (Lipinski definition) is 3. The van der Waals surface area contributed by atoms with E-state index in [4.69, 9.17) is 0 Å². The Morgan fingerprint density at radius 3 is 2.57 bits per heavy atom. The number of nitrogens with zero attached hydrogens (tertiary/aromatic N) is 2. The summed E-state index contributed by atoms with van der Waals surface area (Å²) in [4.78, 5) is 8.20. The van der Waals surface area contributed by atoms with Crippen molar-refractivity contribution in [3.8, 4) is 0 Å². The van der Waals surface area contributed by atoms with Crippen molar-refractivity contribution in [2.24, 2.45) is 0 Å². The second-order valence-corrected chi connectivity index (χ2v) is 5.03. The van der Waals surface area contributed by atoms with Crippen molar-refractivity contribution in [1.29, 1.82) is 0 Å². The Bertz CT molecular complexity index is 609. The van der Waals surface area contributed by atoms with Gasteiger partial charge in [-0.3, -0.25) is 0 Å². The van der Waals surface area contributed by atoms with Crippen LogP contribution in [0.5, 0.6) is 0 Å². The second-order valence-electron chi connectivity index (χ2n) is 5.03. The van der Waals surface area contributed by atoms with E-state index in [1.165, 1.54) is 12.4 Å². The van der Waals surface area contributed by atoms with Gasteiger partial charge in [-0.25, -0.2) is 9.97 Å². The molecular formula is C15H16F3N3. The molecule has 2 rings (SSSR count). The maximum absolute atomic E-state index is 12.6. The SMILES string of the molecule is CC(C)c1cc(NCc2cccc(C(F)(F)F)c2)ncn1. The summed E-state index contributed by atoms with van der Waals surface area (Å²) in [6.45, 7) is 4.30. The van der Waals surface area contributed by atoms with Crippen LogP contribution in [0.1, 0.15) is 36.6 Å². The standard InChI is InChI=1S/C15H16F3N3/c1-10(2)13-7-14(21-9-20-13)19-8-11-4-3-5-12(6-11)15(16,17)18/h3-7,9-10H,8H2,1-2H3,(H,19,20,21). The summed E-state index contributed by atoms with van der Waals surface area (Å²) < 4.78 is 37.9. The van der Waals surface area contributed by atoms with Gasteiger partial charge < -0.3 is 5.32 Å². The van der Waals surface area contributed by atoms with E-state index >= 15 is 0 Å². The lowest BCUT2D eigenvalue weighted by molar-refractivity contribution is -0.137. The second kappa shape index (κ2) is 6.11. The summed E-state index contributed by atoms with van der Waals surface area (Å²) in [7, 11) is 0. The first-order valence-electron chi connectivity index (χ1n) is 6.58. The van der Waals surface area contributed by atoms with Gasteiger partial charge >= 0.3 is 6.18 Å². The minimum absolute atomic E-state index is 0.266. The van der Waals surface area contributed by atoms with E-state index in [9.17, 15) is 13.2 Å². The molecule has 3 nitrogen and oxygen atoms in total. The van der Waals surface area contributed by atoms with Crippen LogP contribution in [-0.4, -0.2) is 9.97 Å². The van der Waals surface area contributed by atoms with Gasteiger partial charge in [0.1, 0.15) is 12.1 Å². The Morgan fingerprint density at radius 1 is 1.14 bits per heavy atom. The highest BCUT2D eigenvalue weighted by atomic mass is 19.4. The van der Waals surface area contributed by atoms with Crippen LogP contribution in [0.15, 0.2) is 36.7 Å². The van der Waals surface area contributed by atoms with Gasteiger partial charge in [-0.05, 0) is 23.6 Å². The number of benzene rings is 1. The zero-order valence-electron chi connectivity index (χ0n) is 11.8. The van der Waals surface area contributed by atoms with Gasteiger partial charge in [-0.15, -0.1) is 0 Å². The zero-order chi connectivity index (χ0) is 15.5. The third-order valence-electron chi connectivity index (χ3n) is 3.01. The molecule has 1 heterocycles. The van der Waals surface area contributed by atoms with Gasteiger partial charge in [0.15, 0.2) is 0 Å². The van der Waals surface area contributed by atoms with Gasteiger partial charge in [0.25, 0.3) is 0 Å². The third kappa shape index (κ3) is 4.18. The van der Waals surface area contributed by atoms with Crippen LogP contribution in [0.2, 0.25) is 0 Å². The molecule has 21 heavy (non-hydrogen) atoms. The molecule has 0 radical (unpaired) electrons.